The molecule has 0 fully saturated rings. The Morgan fingerprint density at radius 2 is 1.08 bits per heavy atom. The Morgan fingerprint density at radius 1 is 0.667 bits per heavy atom. The van der Waals surface area contributed by atoms with Crippen molar-refractivity contribution in [2.24, 2.45) is 0 Å². The molecule has 0 saturated carbocycles. The summed E-state index contributed by atoms with van der Waals surface area (Å²) in [6.07, 6.45) is -0.996. The molecule has 0 radical (unpaired) electrons. The van der Waals surface area contributed by atoms with Gasteiger partial charge in [-0.05, 0) is 59.7 Å². The van der Waals surface area contributed by atoms with Gasteiger partial charge in [0.25, 0.3) is 0 Å². The van der Waals surface area contributed by atoms with E-state index in [1.165, 1.54) is 18.2 Å². The molecule has 1 aromatic rings. The van der Waals surface area contributed by atoms with E-state index in [2.05, 4.69) is 0 Å². The van der Waals surface area contributed by atoms with Gasteiger partial charge in [0.05, 0.1) is 35.0 Å². The van der Waals surface area contributed by atoms with Gasteiger partial charge in [0.15, 0.2) is 0 Å². The van der Waals surface area contributed by atoms with E-state index in [1.54, 1.807) is 41.5 Å². The highest BCUT2D eigenvalue weighted by atomic mass is 16.6. The zero-order valence-electron chi connectivity index (χ0n) is 14.9. The van der Waals surface area contributed by atoms with E-state index in [0.717, 1.165) is 0 Å². The second-order valence-electron chi connectivity index (χ2n) is 6.12. The first-order chi connectivity index (χ1) is 11.1. The summed E-state index contributed by atoms with van der Waals surface area (Å²) < 4.78 is 15.4. The molecular weight excluding hydrogens is 312 g/mol. The molecule has 0 saturated heterocycles. The van der Waals surface area contributed by atoms with Gasteiger partial charge in [-0.1, -0.05) is 0 Å². The molecule has 0 amide bonds. The molecule has 0 heterocycles. The van der Waals surface area contributed by atoms with Crippen LogP contribution in [0, 0.1) is 0 Å². The highest BCUT2D eigenvalue weighted by Crippen LogP contribution is 2.18. The van der Waals surface area contributed by atoms with Gasteiger partial charge in [0.2, 0.25) is 0 Å². The topological polar surface area (TPSA) is 78.9 Å². The van der Waals surface area contributed by atoms with Crippen molar-refractivity contribution in [3.8, 4) is 0 Å². The summed E-state index contributed by atoms with van der Waals surface area (Å²) in [6, 6.07) is 4.10. The third-order valence-corrected chi connectivity index (χ3v) is 2.72. The van der Waals surface area contributed by atoms with Gasteiger partial charge < -0.3 is 14.2 Å². The van der Waals surface area contributed by atoms with Gasteiger partial charge >= 0.3 is 17.9 Å². The van der Waals surface area contributed by atoms with Crippen LogP contribution in [0.5, 0.6) is 0 Å². The van der Waals surface area contributed by atoms with Crippen molar-refractivity contribution in [3.63, 3.8) is 0 Å². The van der Waals surface area contributed by atoms with Crippen LogP contribution in [-0.2, 0) is 14.2 Å². The number of ether oxygens (including phenoxy) is 3. The fraction of sp³-hybridized carbons (Fsp3) is 0.500. The van der Waals surface area contributed by atoms with E-state index in [0.29, 0.717) is 0 Å². The van der Waals surface area contributed by atoms with Crippen LogP contribution in [0.4, 0.5) is 0 Å². The molecule has 24 heavy (non-hydrogen) atoms. The Kier molecular flexibility index (Phi) is 6.95. The molecule has 0 bridgehead atoms. The Balaban J connectivity index is 3.26. The summed E-state index contributed by atoms with van der Waals surface area (Å²) in [6.45, 7) is 10.2. The van der Waals surface area contributed by atoms with Crippen molar-refractivity contribution >= 4 is 17.9 Å². The SMILES string of the molecule is CC(C)OC(=O)c1ccc(C(=O)OC(C)C)c(C(=O)OC(C)C)c1. The van der Waals surface area contributed by atoms with Crippen LogP contribution in [0.3, 0.4) is 0 Å². The molecule has 0 aliphatic carbocycles. The summed E-state index contributed by atoms with van der Waals surface area (Å²) in [5.41, 5.74) is 0.198. The average molecular weight is 336 g/mol. The lowest BCUT2D eigenvalue weighted by atomic mass is 10.0. The highest BCUT2D eigenvalue weighted by molar-refractivity contribution is 6.05. The zero-order chi connectivity index (χ0) is 18.4. The number of benzene rings is 1. The van der Waals surface area contributed by atoms with Crippen molar-refractivity contribution in [2.75, 3.05) is 0 Å². The minimum atomic E-state index is -0.695. The smallest absolute Gasteiger partial charge is 0.339 e. The molecule has 0 atom stereocenters. The molecule has 1 rings (SSSR count). The van der Waals surface area contributed by atoms with Crippen molar-refractivity contribution in [1.29, 1.82) is 0 Å². The third kappa shape index (κ3) is 5.68. The lowest BCUT2D eigenvalue weighted by molar-refractivity contribution is 0.0325. The fourth-order valence-electron chi connectivity index (χ4n) is 1.86. The highest BCUT2D eigenvalue weighted by Gasteiger charge is 2.23. The average Bonchev–Trinajstić information content (AvgIpc) is 2.44. The van der Waals surface area contributed by atoms with Crippen molar-refractivity contribution in [1.82, 2.24) is 0 Å². The fourth-order valence-corrected chi connectivity index (χ4v) is 1.86. The summed E-state index contributed by atoms with van der Waals surface area (Å²) >= 11 is 0. The largest absolute Gasteiger partial charge is 0.459 e. The minimum Gasteiger partial charge on any atom is -0.459 e. The first-order valence-electron chi connectivity index (χ1n) is 7.88. The number of carbonyl (C=O) groups is 3. The predicted octanol–water partition coefficient (Wildman–Crippen LogP) is 3.38. The molecular formula is C18H24O6. The number of carbonyl (C=O) groups excluding carboxylic acids is 3. The quantitative estimate of drug-likeness (QED) is 0.585. The molecule has 0 spiro atoms. The van der Waals surface area contributed by atoms with Gasteiger partial charge in [-0.2, -0.15) is 0 Å². The van der Waals surface area contributed by atoms with E-state index in [4.69, 9.17) is 14.2 Å². The summed E-state index contributed by atoms with van der Waals surface area (Å²) in [4.78, 5) is 36.5. The van der Waals surface area contributed by atoms with Gasteiger partial charge in [-0.25, -0.2) is 14.4 Å². The van der Waals surface area contributed by atoms with Crippen LogP contribution in [-0.4, -0.2) is 36.2 Å². The summed E-state index contributed by atoms with van der Waals surface area (Å²) in [7, 11) is 0. The van der Waals surface area contributed by atoms with Gasteiger partial charge in [0, 0.05) is 0 Å². The van der Waals surface area contributed by atoms with Gasteiger partial charge in [0.1, 0.15) is 0 Å². The van der Waals surface area contributed by atoms with Gasteiger partial charge in [-0.3, -0.25) is 0 Å². The summed E-state index contributed by atoms with van der Waals surface area (Å²) in [5, 5.41) is 0. The first-order valence-corrected chi connectivity index (χ1v) is 7.88. The molecule has 0 N–H and O–H groups in total. The second-order valence-corrected chi connectivity index (χ2v) is 6.12. The van der Waals surface area contributed by atoms with Crippen molar-refractivity contribution in [3.05, 3.63) is 34.9 Å². The number of esters is 3. The standard InChI is InChI=1S/C18H24O6/c1-10(2)22-16(19)13-7-8-14(17(20)23-11(3)4)15(9-13)18(21)24-12(5)6/h7-12H,1-6H3. The molecule has 0 aliphatic rings. The van der Waals surface area contributed by atoms with Crippen molar-refractivity contribution in [2.45, 2.75) is 59.9 Å². The van der Waals surface area contributed by atoms with E-state index in [9.17, 15) is 14.4 Å². The van der Waals surface area contributed by atoms with Crippen LogP contribution in [0.2, 0.25) is 0 Å². The van der Waals surface area contributed by atoms with E-state index < -0.39 is 17.9 Å². The Hall–Kier alpha value is -2.37. The lowest BCUT2D eigenvalue weighted by Gasteiger charge is -2.14. The second kappa shape index (κ2) is 8.47. The van der Waals surface area contributed by atoms with Crippen LogP contribution in [0.25, 0.3) is 0 Å². The van der Waals surface area contributed by atoms with Crippen LogP contribution >= 0.6 is 0 Å². The number of hydrogen-bond donors (Lipinski definition) is 0. The molecule has 0 unspecified atom stereocenters. The third-order valence-electron chi connectivity index (χ3n) is 2.72. The molecule has 0 aliphatic heterocycles. The molecule has 132 valence electrons. The number of rotatable bonds is 6. The molecule has 0 aromatic heterocycles. The van der Waals surface area contributed by atoms with Gasteiger partial charge in [-0.15, -0.1) is 0 Å². The van der Waals surface area contributed by atoms with E-state index in [1.807, 2.05) is 0 Å². The zero-order valence-corrected chi connectivity index (χ0v) is 14.9. The van der Waals surface area contributed by atoms with Crippen molar-refractivity contribution < 1.29 is 28.6 Å². The van der Waals surface area contributed by atoms with Crippen LogP contribution in [0.15, 0.2) is 18.2 Å². The monoisotopic (exact) mass is 336 g/mol. The maximum Gasteiger partial charge on any atom is 0.339 e. The Bertz CT molecular complexity index is 616. The predicted molar refractivity (Wildman–Crippen MR) is 88.1 cm³/mol. The Labute approximate surface area is 142 Å². The minimum absolute atomic E-state index is 0.0208. The maximum absolute atomic E-state index is 12.3. The Morgan fingerprint density at radius 3 is 1.54 bits per heavy atom. The normalized spacial score (nSPS) is 10.9. The van der Waals surface area contributed by atoms with Crippen LogP contribution in [0.1, 0.15) is 72.6 Å². The van der Waals surface area contributed by atoms with Crippen LogP contribution < -0.4 is 0 Å². The first kappa shape index (κ1) is 19.7. The maximum atomic E-state index is 12.3. The lowest BCUT2D eigenvalue weighted by Crippen LogP contribution is -2.20. The molecule has 1 aromatic carbocycles. The van der Waals surface area contributed by atoms with E-state index in [-0.39, 0.29) is 35.0 Å². The van der Waals surface area contributed by atoms with E-state index >= 15 is 0 Å². The number of hydrogen-bond acceptors (Lipinski definition) is 6. The summed E-state index contributed by atoms with van der Waals surface area (Å²) in [5.74, 6) is -1.92. The molecule has 6 heteroatoms. The molecule has 6 nitrogen and oxygen atoms in total.